The summed E-state index contributed by atoms with van der Waals surface area (Å²) in [6, 6.07) is 0.745. The Hall–Kier alpha value is 1.42. The number of hydrogen-bond acceptors (Lipinski definition) is 2. The van der Waals surface area contributed by atoms with Crippen LogP contribution in [0.1, 0.15) is 0 Å². The molecule has 0 aliphatic rings. The second kappa shape index (κ2) is 6.01. The van der Waals surface area contributed by atoms with Crippen molar-refractivity contribution in [1.29, 1.82) is 0 Å². The average Bonchev–Trinajstić information content (AvgIpc) is 1.83. The fourth-order valence-electron chi connectivity index (χ4n) is 0.479. The van der Waals surface area contributed by atoms with E-state index in [-0.39, 0.29) is 35.3 Å². The number of sulfonamides is 1. The van der Waals surface area contributed by atoms with Gasteiger partial charge >= 0.3 is 29.6 Å². The van der Waals surface area contributed by atoms with Crippen LogP contribution in [0.15, 0.2) is 0 Å². The normalized spacial score (nSPS) is 12.3. The zero-order valence-corrected chi connectivity index (χ0v) is 9.59. The van der Waals surface area contributed by atoms with Gasteiger partial charge in [-0.3, -0.25) is 0 Å². The Kier molecular flexibility index (Phi) is 7.94. The van der Waals surface area contributed by atoms with Crippen LogP contribution in [-0.2, 0) is 10.0 Å². The topological polar surface area (TPSA) is 46.2 Å². The van der Waals surface area contributed by atoms with Crippen molar-refractivity contribution in [3.63, 3.8) is 0 Å². The summed E-state index contributed by atoms with van der Waals surface area (Å²) in [4.78, 5) is 0. The molecule has 3 nitrogen and oxygen atoms in total. The van der Waals surface area contributed by atoms with Gasteiger partial charge in [-0.1, -0.05) is 19.6 Å². The first-order valence-corrected chi connectivity index (χ1v) is 9.11. The van der Waals surface area contributed by atoms with Gasteiger partial charge in [0.25, 0.3) is 0 Å². The van der Waals surface area contributed by atoms with E-state index in [0.717, 1.165) is 6.04 Å². The van der Waals surface area contributed by atoms with E-state index in [1.54, 1.807) is 4.24 Å². The minimum absolute atomic E-state index is 0. The summed E-state index contributed by atoms with van der Waals surface area (Å²) in [6.45, 7) is 6.37. The van der Waals surface area contributed by atoms with Crippen LogP contribution in [0.4, 0.5) is 0 Å². The molecule has 7 heteroatoms. The van der Waals surface area contributed by atoms with Crippen molar-refractivity contribution in [3.05, 3.63) is 0 Å². The summed E-state index contributed by atoms with van der Waals surface area (Å²) in [5, 5.41) is 0. The molecular weight excluding hydrogens is 225 g/mol. The average molecular weight is 240 g/mol. The molecule has 0 aliphatic heterocycles. The van der Waals surface area contributed by atoms with Gasteiger partial charge in [-0.05, 0) is 17.8 Å². The fraction of sp³-hybridized carbons (Fsp3) is 1.00. The second-order valence-corrected chi connectivity index (χ2v) is 11.6. The van der Waals surface area contributed by atoms with Crippen molar-refractivity contribution in [2.75, 3.05) is 5.75 Å². The number of rotatable bonds is 4. The molecule has 0 bridgehead atoms. The Morgan fingerprint density at radius 1 is 1.33 bits per heavy atom. The molecule has 0 unspecified atom stereocenters. The first-order valence-electron chi connectivity index (χ1n) is 3.37. The molecular formula is C5H15ClNNaO2SSi. The molecule has 0 amide bonds. The van der Waals surface area contributed by atoms with Crippen molar-refractivity contribution in [1.82, 2.24) is 4.24 Å². The zero-order valence-electron chi connectivity index (χ0n) is 7.02. The molecule has 70 valence electrons. The van der Waals surface area contributed by atoms with Crippen LogP contribution < -0.4 is 4.24 Å². The van der Waals surface area contributed by atoms with Gasteiger partial charge in [0, 0.05) is 8.07 Å². The maximum atomic E-state index is 10.8. The van der Waals surface area contributed by atoms with Gasteiger partial charge in [0.2, 0.25) is 10.0 Å². The van der Waals surface area contributed by atoms with E-state index in [1.165, 1.54) is 0 Å². The molecule has 1 N–H and O–H groups in total. The number of nitrogens with one attached hydrogen (secondary N) is 1. The minimum atomic E-state index is -3.20. The molecule has 0 aromatic heterocycles. The molecule has 0 fully saturated rings. The monoisotopic (exact) mass is 239 g/mol. The van der Waals surface area contributed by atoms with Crippen molar-refractivity contribution in [2.45, 2.75) is 25.7 Å². The maximum absolute atomic E-state index is 10.8. The Balaban J connectivity index is 0. The number of halogens is 1. The van der Waals surface area contributed by atoms with Gasteiger partial charge in [-0.2, -0.15) is 0 Å². The molecule has 0 saturated heterocycles. The third kappa shape index (κ3) is 9.50. The van der Waals surface area contributed by atoms with Crippen LogP contribution in [0.2, 0.25) is 25.7 Å². The predicted octanol–water partition coefficient (Wildman–Crippen LogP) is 0.749. The van der Waals surface area contributed by atoms with E-state index in [2.05, 4.69) is 19.6 Å². The fourth-order valence-corrected chi connectivity index (χ4v) is 4.31. The first-order chi connectivity index (χ1) is 4.77. The Morgan fingerprint density at radius 2 is 1.75 bits per heavy atom. The van der Waals surface area contributed by atoms with Gasteiger partial charge < -0.3 is 0 Å². The third-order valence-corrected chi connectivity index (χ3v) is 5.03. The van der Waals surface area contributed by atoms with Crippen LogP contribution in [0, 0.1) is 0 Å². The molecule has 0 aromatic rings. The molecule has 12 heavy (non-hydrogen) atoms. The van der Waals surface area contributed by atoms with E-state index < -0.39 is 18.1 Å². The molecule has 0 atom stereocenters. The van der Waals surface area contributed by atoms with Gasteiger partial charge in [-0.15, -0.1) is 4.24 Å². The second-order valence-electron chi connectivity index (χ2n) is 3.71. The molecule has 0 aliphatic carbocycles. The van der Waals surface area contributed by atoms with E-state index in [0.29, 0.717) is 0 Å². The van der Waals surface area contributed by atoms with E-state index in [4.69, 9.17) is 11.8 Å². The molecule has 0 radical (unpaired) electrons. The molecule has 0 spiro atoms. The molecule has 0 saturated carbocycles. The molecule has 0 aromatic carbocycles. The van der Waals surface area contributed by atoms with Crippen LogP contribution in [0.3, 0.4) is 0 Å². The van der Waals surface area contributed by atoms with Gasteiger partial charge in [0.1, 0.15) is 0 Å². The van der Waals surface area contributed by atoms with Crippen LogP contribution in [-0.4, -0.2) is 51.8 Å². The summed E-state index contributed by atoms with van der Waals surface area (Å²) in [6.07, 6.45) is 0. The first kappa shape index (κ1) is 15.9. The van der Waals surface area contributed by atoms with Crippen molar-refractivity contribution < 1.29 is 8.42 Å². The summed E-state index contributed by atoms with van der Waals surface area (Å²) in [5.41, 5.74) is 0. The standard InChI is InChI=1S/C5H14ClNO2SSi.Na.H/c1-11(2,3)5-4-10(8,9)7-6;;/h7H,4-5H2,1-3H3;;. The van der Waals surface area contributed by atoms with E-state index in [1.807, 2.05) is 0 Å². The summed E-state index contributed by atoms with van der Waals surface area (Å²) >= 11 is 5.00. The molecule has 0 heterocycles. The third-order valence-electron chi connectivity index (χ3n) is 1.24. The van der Waals surface area contributed by atoms with Gasteiger partial charge in [0.05, 0.1) is 5.75 Å². The Labute approximate surface area is 103 Å². The number of hydrogen-bond donors (Lipinski definition) is 1. The van der Waals surface area contributed by atoms with Crippen molar-refractivity contribution in [3.8, 4) is 0 Å². The quantitative estimate of drug-likeness (QED) is 0.581. The van der Waals surface area contributed by atoms with Gasteiger partial charge in [-0.25, -0.2) is 8.42 Å². The van der Waals surface area contributed by atoms with Crippen LogP contribution in [0.5, 0.6) is 0 Å². The van der Waals surface area contributed by atoms with Crippen LogP contribution >= 0.6 is 11.8 Å². The summed E-state index contributed by atoms with van der Waals surface area (Å²) < 4.78 is 23.4. The van der Waals surface area contributed by atoms with Crippen molar-refractivity contribution in [2.24, 2.45) is 0 Å². The van der Waals surface area contributed by atoms with Crippen LogP contribution in [0.25, 0.3) is 0 Å². The van der Waals surface area contributed by atoms with Gasteiger partial charge in [0.15, 0.2) is 0 Å². The zero-order chi connectivity index (χ0) is 9.12. The SMILES string of the molecule is C[Si](C)(C)CCS(=O)(=O)NCl.[NaH]. The Morgan fingerprint density at radius 3 is 2.00 bits per heavy atom. The van der Waals surface area contributed by atoms with Crippen molar-refractivity contribution >= 4 is 59.4 Å². The Bertz CT molecular complexity index is 214. The van der Waals surface area contributed by atoms with E-state index >= 15 is 0 Å². The summed E-state index contributed by atoms with van der Waals surface area (Å²) in [5.74, 6) is 0.145. The van der Waals surface area contributed by atoms with E-state index in [9.17, 15) is 8.42 Å². The molecule has 0 rings (SSSR count). The predicted molar refractivity (Wildman–Crippen MR) is 58.1 cm³/mol. The summed E-state index contributed by atoms with van der Waals surface area (Å²) in [7, 11) is -4.46.